The van der Waals surface area contributed by atoms with Gasteiger partial charge in [-0.05, 0) is 43.5 Å². The smallest absolute Gasteiger partial charge is 0.345 e. The first kappa shape index (κ1) is 20.9. The van der Waals surface area contributed by atoms with Gasteiger partial charge in [0.2, 0.25) is 5.91 Å². The summed E-state index contributed by atoms with van der Waals surface area (Å²) in [6.07, 6.45) is 4.11. The fourth-order valence-electron chi connectivity index (χ4n) is 4.37. The van der Waals surface area contributed by atoms with Crippen molar-refractivity contribution in [3.63, 3.8) is 0 Å². The molecule has 0 atom stereocenters. The fourth-order valence-corrected chi connectivity index (χ4v) is 5.47. The first-order valence-corrected chi connectivity index (χ1v) is 12.1. The van der Waals surface area contributed by atoms with Gasteiger partial charge in [-0.2, -0.15) is 5.10 Å². The monoisotopic (exact) mass is 449 g/mol. The number of aryl methyl sites for hydroxylation is 2. The van der Waals surface area contributed by atoms with E-state index in [4.69, 9.17) is 0 Å². The van der Waals surface area contributed by atoms with Crippen LogP contribution in [0.4, 0.5) is 11.4 Å². The molecule has 0 unspecified atom stereocenters. The highest BCUT2D eigenvalue weighted by Gasteiger charge is 2.23. The molecule has 0 saturated carbocycles. The number of hydrogen-bond acceptors (Lipinski definition) is 5. The van der Waals surface area contributed by atoms with Crippen LogP contribution in [0.1, 0.15) is 31.5 Å². The maximum Gasteiger partial charge on any atom is 0.345 e. The van der Waals surface area contributed by atoms with E-state index >= 15 is 0 Å². The number of rotatable bonds is 7. The number of hydrogen-bond donors (Lipinski definition) is 1. The van der Waals surface area contributed by atoms with Crippen LogP contribution in [0.25, 0.3) is 0 Å². The summed E-state index contributed by atoms with van der Waals surface area (Å²) in [7, 11) is 0. The Morgan fingerprint density at radius 2 is 1.72 bits per heavy atom. The quantitative estimate of drug-likeness (QED) is 0.558. The molecule has 1 aromatic heterocycles. The first-order valence-electron chi connectivity index (χ1n) is 11.3. The van der Waals surface area contributed by atoms with E-state index < -0.39 is 0 Å². The molecule has 3 heterocycles. The Kier molecular flexibility index (Phi) is 6.03. The number of nitrogens with zero attached hydrogens (tertiary/aromatic N) is 4. The van der Waals surface area contributed by atoms with Crippen molar-refractivity contribution >= 4 is 29.0 Å². The molecule has 0 fully saturated rings. The van der Waals surface area contributed by atoms with E-state index in [1.165, 1.54) is 9.79 Å². The lowest BCUT2D eigenvalue weighted by molar-refractivity contribution is -0.120. The molecule has 0 aliphatic carbocycles. The Hall–Kier alpha value is -3.00. The minimum Gasteiger partial charge on any atom is -0.356 e. The fraction of sp³-hybridized carbons (Fsp3) is 0.375. The normalized spacial score (nSPS) is 14.4. The maximum absolute atomic E-state index is 12.5. The molecule has 5 rings (SSSR count). The average molecular weight is 450 g/mol. The van der Waals surface area contributed by atoms with E-state index in [-0.39, 0.29) is 11.6 Å². The lowest BCUT2D eigenvalue weighted by Gasteiger charge is -2.32. The SMILES string of the molecule is O=C(CCN1c2ccccc2Sc2ccccc21)NCCCn1nc2n(c1=O)CCCC2. The zero-order valence-electron chi connectivity index (χ0n) is 18.0. The Balaban J connectivity index is 1.14. The number of amides is 1. The number of benzene rings is 2. The van der Waals surface area contributed by atoms with E-state index in [2.05, 4.69) is 39.6 Å². The average Bonchev–Trinajstić information content (AvgIpc) is 3.15. The molecule has 8 heteroatoms. The molecule has 0 bridgehead atoms. The van der Waals surface area contributed by atoms with Gasteiger partial charge in [0.15, 0.2) is 0 Å². The number of carbonyl (C=O) groups is 1. The molecular weight excluding hydrogens is 422 g/mol. The van der Waals surface area contributed by atoms with Crippen LogP contribution in [-0.4, -0.2) is 33.3 Å². The summed E-state index contributed by atoms with van der Waals surface area (Å²) in [6, 6.07) is 16.6. The third kappa shape index (κ3) is 4.19. The van der Waals surface area contributed by atoms with Crippen LogP contribution in [0.15, 0.2) is 63.1 Å². The van der Waals surface area contributed by atoms with Crippen molar-refractivity contribution < 1.29 is 4.79 Å². The molecule has 1 N–H and O–H groups in total. The van der Waals surface area contributed by atoms with Gasteiger partial charge in [-0.3, -0.25) is 9.36 Å². The molecule has 166 valence electrons. The lowest BCUT2D eigenvalue weighted by Crippen LogP contribution is -2.31. The highest BCUT2D eigenvalue weighted by molar-refractivity contribution is 7.99. The molecule has 32 heavy (non-hydrogen) atoms. The predicted octanol–water partition coefficient (Wildman–Crippen LogP) is 3.58. The van der Waals surface area contributed by atoms with E-state index in [0.29, 0.717) is 32.5 Å². The highest BCUT2D eigenvalue weighted by Crippen LogP contribution is 2.47. The number of nitrogens with one attached hydrogen (secondary N) is 1. The van der Waals surface area contributed by atoms with Crippen molar-refractivity contribution in [1.82, 2.24) is 19.7 Å². The number of para-hydroxylation sites is 2. The molecular formula is C24H27N5O2S. The summed E-state index contributed by atoms with van der Waals surface area (Å²) >= 11 is 1.77. The van der Waals surface area contributed by atoms with Crippen LogP contribution in [0.5, 0.6) is 0 Å². The van der Waals surface area contributed by atoms with Gasteiger partial charge in [-0.1, -0.05) is 36.0 Å². The Morgan fingerprint density at radius 3 is 2.44 bits per heavy atom. The number of anilines is 2. The summed E-state index contributed by atoms with van der Waals surface area (Å²) < 4.78 is 3.33. The van der Waals surface area contributed by atoms with Gasteiger partial charge >= 0.3 is 5.69 Å². The number of carbonyl (C=O) groups excluding carboxylic acids is 1. The van der Waals surface area contributed by atoms with Crippen molar-refractivity contribution in [3.05, 3.63) is 64.8 Å². The summed E-state index contributed by atoms with van der Waals surface area (Å²) in [5, 5.41) is 7.45. The van der Waals surface area contributed by atoms with Crippen molar-refractivity contribution in [2.24, 2.45) is 0 Å². The summed E-state index contributed by atoms with van der Waals surface area (Å²) in [5.41, 5.74) is 2.27. The molecule has 2 aliphatic rings. The van der Waals surface area contributed by atoms with E-state index in [1.807, 2.05) is 24.3 Å². The van der Waals surface area contributed by atoms with Crippen LogP contribution in [0, 0.1) is 0 Å². The van der Waals surface area contributed by atoms with Crippen molar-refractivity contribution in [2.45, 2.75) is 55.0 Å². The van der Waals surface area contributed by atoms with Gasteiger partial charge < -0.3 is 10.2 Å². The molecule has 2 aromatic carbocycles. The van der Waals surface area contributed by atoms with Crippen LogP contribution >= 0.6 is 11.8 Å². The van der Waals surface area contributed by atoms with Gasteiger partial charge in [0.25, 0.3) is 0 Å². The van der Waals surface area contributed by atoms with Crippen molar-refractivity contribution in [3.8, 4) is 0 Å². The van der Waals surface area contributed by atoms with Crippen molar-refractivity contribution in [1.29, 1.82) is 0 Å². The zero-order valence-corrected chi connectivity index (χ0v) is 18.8. The van der Waals surface area contributed by atoms with Crippen LogP contribution in [0.3, 0.4) is 0 Å². The maximum atomic E-state index is 12.5. The Morgan fingerprint density at radius 1 is 1.00 bits per heavy atom. The van der Waals surface area contributed by atoms with Crippen LogP contribution in [0.2, 0.25) is 0 Å². The van der Waals surface area contributed by atoms with E-state index in [9.17, 15) is 9.59 Å². The van der Waals surface area contributed by atoms with Gasteiger partial charge in [0.1, 0.15) is 5.82 Å². The second-order valence-corrected chi connectivity index (χ2v) is 9.26. The Labute approximate surface area is 191 Å². The minimum absolute atomic E-state index is 0.0219. The van der Waals surface area contributed by atoms with Gasteiger partial charge in [-0.25, -0.2) is 9.48 Å². The number of aromatic nitrogens is 3. The minimum atomic E-state index is -0.0219. The molecule has 0 spiro atoms. The van der Waals surface area contributed by atoms with Crippen molar-refractivity contribution in [2.75, 3.05) is 18.0 Å². The predicted molar refractivity (Wildman–Crippen MR) is 126 cm³/mol. The lowest BCUT2D eigenvalue weighted by atomic mass is 10.2. The second kappa shape index (κ2) is 9.24. The van der Waals surface area contributed by atoms with E-state index in [1.54, 1.807) is 21.0 Å². The van der Waals surface area contributed by atoms with Gasteiger partial charge in [-0.15, -0.1) is 0 Å². The summed E-state index contributed by atoms with van der Waals surface area (Å²) in [4.78, 5) is 29.6. The van der Waals surface area contributed by atoms with Gasteiger partial charge in [0.05, 0.1) is 11.4 Å². The zero-order chi connectivity index (χ0) is 21.9. The van der Waals surface area contributed by atoms with E-state index in [0.717, 1.165) is 43.0 Å². The topological polar surface area (TPSA) is 72.2 Å². The molecule has 3 aromatic rings. The molecule has 2 aliphatic heterocycles. The summed E-state index contributed by atoms with van der Waals surface area (Å²) in [5.74, 6) is 0.917. The first-order chi connectivity index (χ1) is 15.7. The molecule has 7 nitrogen and oxygen atoms in total. The largest absolute Gasteiger partial charge is 0.356 e. The van der Waals surface area contributed by atoms with Crippen LogP contribution in [-0.2, 0) is 24.3 Å². The third-order valence-corrected chi connectivity index (χ3v) is 7.13. The Bertz CT molecular complexity index is 1140. The molecule has 0 saturated heterocycles. The standard InChI is InChI=1S/C24H27N5O2S/c30-23(25-14-7-16-29-24(31)28-15-6-5-12-22(28)26-29)13-17-27-18-8-1-3-10-20(18)32-21-11-4-2-9-19(21)27/h1-4,8-11H,5-7,12-17H2,(H,25,30). The second-order valence-electron chi connectivity index (χ2n) is 8.17. The highest BCUT2D eigenvalue weighted by atomic mass is 32.2. The number of fused-ring (bicyclic) bond motifs is 3. The summed E-state index contributed by atoms with van der Waals surface area (Å²) in [6.45, 7) is 2.46. The molecule has 0 radical (unpaired) electrons. The van der Waals surface area contributed by atoms with Gasteiger partial charge in [0, 0.05) is 48.8 Å². The molecule has 1 amide bonds. The third-order valence-electron chi connectivity index (χ3n) is 5.99. The van der Waals surface area contributed by atoms with Crippen LogP contribution < -0.4 is 15.9 Å².